The van der Waals surface area contributed by atoms with Crippen LogP contribution in [-0.4, -0.2) is 11.5 Å². The summed E-state index contributed by atoms with van der Waals surface area (Å²) in [4.78, 5) is 3.94. The molecule has 0 aliphatic rings. The van der Waals surface area contributed by atoms with Crippen molar-refractivity contribution in [1.82, 2.24) is 10.3 Å². The minimum absolute atomic E-state index is 0.0925. The molecule has 1 aromatic carbocycles. The summed E-state index contributed by atoms with van der Waals surface area (Å²) in [5.74, 6) is -1.92. The highest BCUT2D eigenvalue weighted by atomic mass is 19.1. The molecule has 0 saturated carbocycles. The number of rotatable bonds is 4. The van der Waals surface area contributed by atoms with Crippen LogP contribution in [0.5, 0.6) is 0 Å². The van der Waals surface area contributed by atoms with Crippen molar-refractivity contribution >= 4 is 0 Å². The number of benzene rings is 1. The van der Waals surface area contributed by atoms with Crippen molar-refractivity contribution in [2.45, 2.75) is 13.0 Å². The molecule has 2 rings (SSSR count). The molecule has 0 radical (unpaired) electrons. The lowest BCUT2D eigenvalue weighted by molar-refractivity contribution is 0.511. The molecule has 1 atom stereocenters. The van der Waals surface area contributed by atoms with Gasteiger partial charge in [-0.05, 0) is 24.7 Å². The van der Waals surface area contributed by atoms with Crippen molar-refractivity contribution in [3.8, 4) is 0 Å². The lowest BCUT2D eigenvalue weighted by Gasteiger charge is -2.19. The molecule has 19 heavy (non-hydrogen) atoms. The Balaban J connectivity index is 2.48. The molecular weight excluding hydrogens is 253 g/mol. The highest BCUT2D eigenvalue weighted by Crippen LogP contribution is 2.25. The second kappa shape index (κ2) is 5.84. The lowest BCUT2D eigenvalue weighted by atomic mass is 10.0. The minimum atomic E-state index is -0.744. The highest BCUT2D eigenvalue weighted by molar-refractivity contribution is 5.30. The normalized spacial score (nSPS) is 12.4. The Kier molecular flexibility index (Phi) is 4.16. The second-order valence-electron chi connectivity index (χ2n) is 4.03. The van der Waals surface area contributed by atoms with Gasteiger partial charge < -0.3 is 5.32 Å². The molecule has 1 N–H and O–H groups in total. The Bertz CT molecular complexity index is 572. The van der Waals surface area contributed by atoms with E-state index in [4.69, 9.17) is 0 Å². The second-order valence-corrected chi connectivity index (χ2v) is 4.03. The van der Waals surface area contributed by atoms with Crippen LogP contribution in [0.15, 0.2) is 36.5 Å². The standard InChI is InChI=1S/C14H13F3N2/c1-2-18-13(14-11(16)4-3-7-19-14)10-6-5-9(15)8-12(10)17/h3-8,13,18H,2H2,1H3. The first-order valence-electron chi connectivity index (χ1n) is 5.92. The predicted octanol–water partition coefficient (Wildman–Crippen LogP) is 3.20. The fourth-order valence-electron chi connectivity index (χ4n) is 1.90. The van der Waals surface area contributed by atoms with E-state index in [2.05, 4.69) is 10.3 Å². The van der Waals surface area contributed by atoms with Crippen molar-refractivity contribution in [2.75, 3.05) is 6.54 Å². The average molecular weight is 266 g/mol. The molecule has 1 aromatic heterocycles. The van der Waals surface area contributed by atoms with Gasteiger partial charge in [0.25, 0.3) is 0 Å². The maximum Gasteiger partial charge on any atom is 0.146 e. The van der Waals surface area contributed by atoms with Crippen LogP contribution in [0.1, 0.15) is 24.2 Å². The van der Waals surface area contributed by atoms with Crippen LogP contribution < -0.4 is 5.32 Å². The molecular formula is C14H13F3N2. The van der Waals surface area contributed by atoms with E-state index in [0.29, 0.717) is 6.54 Å². The summed E-state index contributed by atoms with van der Waals surface area (Å²) >= 11 is 0. The van der Waals surface area contributed by atoms with Gasteiger partial charge >= 0.3 is 0 Å². The van der Waals surface area contributed by atoms with Crippen molar-refractivity contribution in [3.63, 3.8) is 0 Å². The average Bonchev–Trinajstić information content (AvgIpc) is 2.38. The topological polar surface area (TPSA) is 24.9 Å². The number of halogens is 3. The van der Waals surface area contributed by atoms with Gasteiger partial charge in [-0.3, -0.25) is 4.98 Å². The number of hydrogen-bond acceptors (Lipinski definition) is 2. The molecule has 2 nitrogen and oxygen atoms in total. The molecule has 5 heteroatoms. The van der Waals surface area contributed by atoms with Gasteiger partial charge in [0.05, 0.1) is 11.7 Å². The Labute approximate surface area is 109 Å². The molecule has 0 bridgehead atoms. The first-order chi connectivity index (χ1) is 9.13. The van der Waals surface area contributed by atoms with Crippen molar-refractivity contribution in [1.29, 1.82) is 0 Å². The van der Waals surface area contributed by atoms with Crippen LogP contribution in [0.2, 0.25) is 0 Å². The summed E-state index contributed by atoms with van der Waals surface area (Å²) in [6.45, 7) is 2.31. The van der Waals surface area contributed by atoms with Crippen LogP contribution in [0.3, 0.4) is 0 Å². The van der Waals surface area contributed by atoms with Crippen LogP contribution >= 0.6 is 0 Å². The minimum Gasteiger partial charge on any atom is -0.305 e. The third-order valence-electron chi connectivity index (χ3n) is 2.74. The van der Waals surface area contributed by atoms with Gasteiger partial charge in [0, 0.05) is 17.8 Å². The van der Waals surface area contributed by atoms with E-state index in [1.165, 1.54) is 24.4 Å². The first-order valence-corrected chi connectivity index (χ1v) is 5.92. The highest BCUT2D eigenvalue weighted by Gasteiger charge is 2.21. The maximum absolute atomic E-state index is 13.8. The molecule has 2 aromatic rings. The van der Waals surface area contributed by atoms with Crippen LogP contribution in [0.25, 0.3) is 0 Å². The van der Waals surface area contributed by atoms with E-state index in [0.717, 1.165) is 12.1 Å². The molecule has 0 aliphatic heterocycles. The molecule has 0 amide bonds. The fourth-order valence-corrected chi connectivity index (χ4v) is 1.90. The Morgan fingerprint density at radius 1 is 1.16 bits per heavy atom. The molecule has 0 spiro atoms. The third kappa shape index (κ3) is 2.93. The number of pyridine rings is 1. The van der Waals surface area contributed by atoms with E-state index >= 15 is 0 Å². The van der Waals surface area contributed by atoms with Gasteiger partial charge in [-0.1, -0.05) is 13.0 Å². The number of hydrogen-bond donors (Lipinski definition) is 1. The van der Waals surface area contributed by atoms with Crippen molar-refractivity contribution in [3.05, 3.63) is 65.2 Å². The van der Waals surface area contributed by atoms with Crippen LogP contribution in [-0.2, 0) is 0 Å². The molecule has 1 unspecified atom stereocenters. The summed E-state index contributed by atoms with van der Waals surface area (Å²) in [5.41, 5.74) is 0.260. The van der Waals surface area contributed by atoms with Gasteiger partial charge in [-0.25, -0.2) is 13.2 Å². The van der Waals surface area contributed by atoms with Gasteiger partial charge in [-0.15, -0.1) is 0 Å². The largest absolute Gasteiger partial charge is 0.305 e. The smallest absolute Gasteiger partial charge is 0.146 e. The fraction of sp³-hybridized carbons (Fsp3) is 0.214. The Morgan fingerprint density at radius 2 is 1.95 bits per heavy atom. The Hall–Kier alpha value is -1.88. The Morgan fingerprint density at radius 3 is 2.58 bits per heavy atom. The summed E-state index contributed by atoms with van der Waals surface area (Å²) < 4.78 is 40.5. The molecule has 0 aliphatic carbocycles. The quantitative estimate of drug-likeness (QED) is 0.919. The van der Waals surface area contributed by atoms with E-state index in [1.54, 1.807) is 0 Å². The summed E-state index contributed by atoms with van der Waals surface area (Å²) in [5, 5.41) is 2.95. The summed E-state index contributed by atoms with van der Waals surface area (Å²) in [7, 11) is 0. The monoisotopic (exact) mass is 266 g/mol. The maximum atomic E-state index is 13.8. The van der Waals surface area contributed by atoms with E-state index in [-0.39, 0.29) is 11.3 Å². The van der Waals surface area contributed by atoms with Crippen molar-refractivity contribution in [2.24, 2.45) is 0 Å². The zero-order valence-electron chi connectivity index (χ0n) is 10.3. The van der Waals surface area contributed by atoms with Gasteiger partial charge in [0.2, 0.25) is 0 Å². The van der Waals surface area contributed by atoms with E-state index in [1.807, 2.05) is 6.92 Å². The molecule has 0 saturated heterocycles. The molecule has 0 fully saturated rings. The van der Waals surface area contributed by atoms with Gasteiger partial charge in [0.1, 0.15) is 17.5 Å². The van der Waals surface area contributed by atoms with E-state index < -0.39 is 23.5 Å². The predicted molar refractivity (Wildman–Crippen MR) is 66.1 cm³/mol. The van der Waals surface area contributed by atoms with Crippen LogP contribution in [0.4, 0.5) is 13.2 Å². The number of aromatic nitrogens is 1. The van der Waals surface area contributed by atoms with E-state index in [9.17, 15) is 13.2 Å². The first kappa shape index (κ1) is 13.5. The third-order valence-corrected chi connectivity index (χ3v) is 2.74. The number of nitrogens with one attached hydrogen (secondary N) is 1. The van der Waals surface area contributed by atoms with Crippen LogP contribution in [0, 0.1) is 17.5 Å². The molecule has 1 heterocycles. The molecule has 100 valence electrons. The summed E-state index contributed by atoms with van der Waals surface area (Å²) in [6, 6.07) is 5.19. The lowest BCUT2D eigenvalue weighted by Crippen LogP contribution is -2.25. The summed E-state index contributed by atoms with van der Waals surface area (Å²) in [6.07, 6.45) is 1.43. The van der Waals surface area contributed by atoms with Gasteiger partial charge in [-0.2, -0.15) is 0 Å². The number of nitrogens with zero attached hydrogens (tertiary/aromatic N) is 1. The zero-order chi connectivity index (χ0) is 13.8. The SMILES string of the molecule is CCNC(c1ccc(F)cc1F)c1ncccc1F. The van der Waals surface area contributed by atoms with Gasteiger partial charge in [0.15, 0.2) is 0 Å². The van der Waals surface area contributed by atoms with Crippen molar-refractivity contribution < 1.29 is 13.2 Å². The zero-order valence-corrected chi connectivity index (χ0v) is 10.3.